The number of halogens is 1. The Morgan fingerprint density at radius 1 is 1.53 bits per heavy atom. The molecule has 0 radical (unpaired) electrons. The first-order valence-electron chi connectivity index (χ1n) is 5.20. The number of non-ortho nitro benzene ring substituents is 1. The van der Waals surface area contributed by atoms with Gasteiger partial charge in [0.05, 0.1) is 4.92 Å². The second-order valence-corrected chi connectivity index (χ2v) is 4.65. The average molecular weight is 301 g/mol. The Balaban J connectivity index is 2.97. The Bertz CT molecular complexity index is 448. The lowest BCUT2D eigenvalue weighted by molar-refractivity contribution is -0.385. The molecule has 1 rings (SSSR count). The zero-order valence-corrected chi connectivity index (χ0v) is 11.2. The van der Waals surface area contributed by atoms with Gasteiger partial charge in [-0.15, -0.1) is 0 Å². The van der Waals surface area contributed by atoms with E-state index in [1.54, 1.807) is 6.07 Å². The second-order valence-electron chi connectivity index (χ2n) is 3.74. The van der Waals surface area contributed by atoms with E-state index in [1.807, 2.05) is 13.8 Å². The van der Waals surface area contributed by atoms with Crippen LogP contribution in [0.3, 0.4) is 0 Å². The summed E-state index contributed by atoms with van der Waals surface area (Å²) in [6, 6.07) is 4.23. The predicted molar refractivity (Wildman–Crippen MR) is 68.0 cm³/mol. The van der Waals surface area contributed by atoms with Crippen molar-refractivity contribution in [1.82, 2.24) is 5.32 Å². The summed E-state index contributed by atoms with van der Waals surface area (Å²) < 4.78 is 0.515. The number of nitro groups is 1. The van der Waals surface area contributed by atoms with E-state index in [0.29, 0.717) is 4.47 Å². The van der Waals surface area contributed by atoms with Gasteiger partial charge in [-0.25, -0.2) is 0 Å². The second kappa shape index (κ2) is 5.77. The fraction of sp³-hybridized carbons (Fsp3) is 0.364. The monoisotopic (exact) mass is 300 g/mol. The molecule has 0 heterocycles. The van der Waals surface area contributed by atoms with Crippen molar-refractivity contribution in [1.29, 1.82) is 0 Å². The molecule has 0 fully saturated rings. The Hall–Kier alpha value is -1.43. The van der Waals surface area contributed by atoms with Crippen LogP contribution in [0, 0.1) is 10.1 Å². The van der Waals surface area contributed by atoms with Gasteiger partial charge in [-0.2, -0.15) is 0 Å². The molecule has 0 aromatic heterocycles. The number of hydrogen-bond donors (Lipinski definition) is 1. The van der Waals surface area contributed by atoms with Gasteiger partial charge in [-0.05, 0) is 19.4 Å². The lowest BCUT2D eigenvalue weighted by Gasteiger charge is -2.11. The molecule has 1 aromatic carbocycles. The number of carbonyl (C=O) groups excluding carboxylic acids is 1. The minimum Gasteiger partial charge on any atom is -0.350 e. The van der Waals surface area contributed by atoms with Crippen molar-refractivity contribution >= 4 is 27.5 Å². The first-order chi connectivity index (χ1) is 7.93. The molecular weight excluding hydrogens is 288 g/mol. The van der Waals surface area contributed by atoms with Gasteiger partial charge in [0.2, 0.25) is 0 Å². The van der Waals surface area contributed by atoms with Gasteiger partial charge in [0.25, 0.3) is 11.6 Å². The molecule has 1 N–H and O–H groups in total. The van der Waals surface area contributed by atoms with Crippen LogP contribution in [0.4, 0.5) is 5.69 Å². The van der Waals surface area contributed by atoms with E-state index < -0.39 is 4.92 Å². The van der Waals surface area contributed by atoms with E-state index >= 15 is 0 Å². The Labute approximate surface area is 107 Å². The zero-order valence-electron chi connectivity index (χ0n) is 9.57. The molecular formula is C11H13BrN2O3. The summed E-state index contributed by atoms with van der Waals surface area (Å²) in [5.41, 5.74) is 0.181. The molecule has 0 spiro atoms. The zero-order chi connectivity index (χ0) is 13.0. The highest BCUT2D eigenvalue weighted by Crippen LogP contribution is 2.21. The van der Waals surface area contributed by atoms with E-state index in [-0.39, 0.29) is 23.2 Å². The number of rotatable bonds is 4. The van der Waals surface area contributed by atoms with Gasteiger partial charge in [-0.1, -0.05) is 22.9 Å². The van der Waals surface area contributed by atoms with Crippen LogP contribution in [0.15, 0.2) is 22.7 Å². The van der Waals surface area contributed by atoms with Crippen LogP contribution in [0.2, 0.25) is 0 Å². The third-order valence-corrected chi connectivity index (χ3v) is 2.80. The molecule has 0 saturated carbocycles. The normalized spacial score (nSPS) is 11.9. The molecule has 92 valence electrons. The fourth-order valence-electron chi connectivity index (χ4n) is 1.22. The number of benzene rings is 1. The van der Waals surface area contributed by atoms with Crippen molar-refractivity contribution in [2.24, 2.45) is 0 Å². The first-order valence-corrected chi connectivity index (χ1v) is 5.99. The van der Waals surface area contributed by atoms with Gasteiger partial charge < -0.3 is 5.32 Å². The molecule has 1 unspecified atom stereocenters. The molecule has 0 saturated heterocycles. The van der Waals surface area contributed by atoms with Crippen LogP contribution in [0.1, 0.15) is 30.6 Å². The highest BCUT2D eigenvalue weighted by Gasteiger charge is 2.14. The van der Waals surface area contributed by atoms with Crippen molar-refractivity contribution in [2.75, 3.05) is 0 Å². The summed E-state index contributed by atoms with van der Waals surface area (Å²) >= 11 is 3.15. The quantitative estimate of drug-likeness (QED) is 0.686. The topological polar surface area (TPSA) is 72.2 Å². The number of amides is 1. The number of carbonyl (C=O) groups is 1. The van der Waals surface area contributed by atoms with Crippen LogP contribution in [-0.4, -0.2) is 16.9 Å². The summed E-state index contributed by atoms with van der Waals surface area (Å²) in [5, 5.41) is 13.4. The molecule has 5 nitrogen and oxygen atoms in total. The molecule has 1 amide bonds. The van der Waals surface area contributed by atoms with Crippen molar-refractivity contribution in [3.63, 3.8) is 0 Å². The molecule has 17 heavy (non-hydrogen) atoms. The van der Waals surface area contributed by atoms with Crippen LogP contribution in [0.25, 0.3) is 0 Å². The third kappa shape index (κ3) is 3.81. The third-order valence-electron chi connectivity index (χ3n) is 2.35. The standard InChI is InChI=1S/C11H13BrN2O3/c1-3-7(2)13-11(15)8-4-9(12)6-10(5-8)14(16)17/h4-7H,3H2,1-2H3,(H,13,15). The van der Waals surface area contributed by atoms with E-state index in [4.69, 9.17) is 0 Å². The fourth-order valence-corrected chi connectivity index (χ4v) is 1.70. The average Bonchev–Trinajstić information content (AvgIpc) is 2.27. The molecule has 1 atom stereocenters. The van der Waals surface area contributed by atoms with Crippen molar-refractivity contribution in [3.05, 3.63) is 38.3 Å². The van der Waals surface area contributed by atoms with Gasteiger partial charge in [-0.3, -0.25) is 14.9 Å². The molecule has 1 aromatic rings. The van der Waals surface area contributed by atoms with E-state index in [2.05, 4.69) is 21.2 Å². The minimum absolute atomic E-state index is 0.0422. The number of nitro benzene ring substituents is 1. The van der Waals surface area contributed by atoms with Gasteiger partial charge in [0.15, 0.2) is 0 Å². The lowest BCUT2D eigenvalue weighted by Crippen LogP contribution is -2.31. The summed E-state index contributed by atoms with van der Waals surface area (Å²) in [4.78, 5) is 21.9. The van der Waals surface area contributed by atoms with Crippen LogP contribution in [0.5, 0.6) is 0 Å². The molecule has 0 bridgehead atoms. The van der Waals surface area contributed by atoms with E-state index in [0.717, 1.165) is 6.42 Å². The first kappa shape index (κ1) is 13.6. The summed E-state index contributed by atoms with van der Waals surface area (Å²) in [5.74, 6) is -0.302. The number of nitrogens with zero attached hydrogens (tertiary/aromatic N) is 1. The highest BCUT2D eigenvalue weighted by atomic mass is 79.9. The Morgan fingerprint density at radius 2 is 2.18 bits per heavy atom. The van der Waals surface area contributed by atoms with Crippen molar-refractivity contribution in [2.45, 2.75) is 26.3 Å². The Morgan fingerprint density at radius 3 is 2.71 bits per heavy atom. The smallest absolute Gasteiger partial charge is 0.271 e. The van der Waals surface area contributed by atoms with Gasteiger partial charge in [0, 0.05) is 28.2 Å². The summed E-state index contributed by atoms with van der Waals surface area (Å²) in [7, 11) is 0. The van der Waals surface area contributed by atoms with Crippen LogP contribution >= 0.6 is 15.9 Å². The molecule has 0 aliphatic carbocycles. The summed E-state index contributed by atoms with van der Waals surface area (Å²) in [6.07, 6.45) is 0.807. The van der Waals surface area contributed by atoms with Crippen molar-refractivity contribution in [3.8, 4) is 0 Å². The molecule has 0 aliphatic heterocycles. The van der Waals surface area contributed by atoms with Crippen LogP contribution in [-0.2, 0) is 0 Å². The highest BCUT2D eigenvalue weighted by molar-refractivity contribution is 9.10. The predicted octanol–water partition coefficient (Wildman–Crippen LogP) is 2.89. The minimum atomic E-state index is -0.523. The molecule has 6 heteroatoms. The maximum atomic E-state index is 11.8. The lowest BCUT2D eigenvalue weighted by atomic mass is 10.1. The van der Waals surface area contributed by atoms with E-state index in [9.17, 15) is 14.9 Å². The number of nitrogens with one attached hydrogen (secondary N) is 1. The summed E-state index contributed by atoms with van der Waals surface area (Å²) in [6.45, 7) is 3.83. The van der Waals surface area contributed by atoms with Gasteiger partial charge in [0.1, 0.15) is 0 Å². The maximum Gasteiger partial charge on any atom is 0.271 e. The largest absolute Gasteiger partial charge is 0.350 e. The maximum absolute atomic E-state index is 11.8. The molecule has 0 aliphatic rings. The number of hydrogen-bond acceptors (Lipinski definition) is 3. The van der Waals surface area contributed by atoms with E-state index in [1.165, 1.54) is 12.1 Å². The van der Waals surface area contributed by atoms with Gasteiger partial charge >= 0.3 is 0 Å². The van der Waals surface area contributed by atoms with Crippen LogP contribution < -0.4 is 5.32 Å². The Kier molecular flexibility index (Phi) is 4.62. The van der Waals surface area contributed by atoms with Crippen molar-refractivity contribution < 1.29 is 9.72 Å². The SMILES string of the molecule is CCC(C)NC(=O)c1cc(Br)cc([N+](=O)[O-])c1.